The number of nitrogens with zero attached hydrogens (tertiary/aromatic N) is 2. The second kappa shape index (κ2) is 4.22. The van der Waals surface area contributed by atoms with Gasteiger partial charge in [-0.1, -0.05) is 12.1 Å². The number of aromatic nitrogens is 2. The van der Waals surface area contributed by atoms with Crippen molar-refractivity contribution in [1.82, 2.24) is 9.97 Å². The normalized spacial score (nSPS) is 9.94. The lowest BCUT2D eigenvalue weighted by Gasteiger charge is -1.98. The molecule has 0 aliphatic heterocycles. The number of imidazole rings is 1. The molecule has 1 aromatic heterocycles. The highest BCUT2D eigenvalue weighted by Crippen LogP contribution is 2.21. The molecule has 0 unspecified atom stereocenters. The minimum Gasteiger partial charge on any atom is -0.341 e. The Morgan fingerprint density at radius 2 is 2.12 bits per heavy atom. The summed E-state index contributed by atoms with van der Waals surface area (Å²) in [6.07, 6.45) is 0. The summed E-state index contributed by atoms with van der Waals surface area (Å²) >= 11 is 0. The summed E-state index contributed by atoms with van der Waals surface area (Å²) < 4.78 is 0. The molecule has 4 nitrogen and oxygen atoms in total. The van der Waals surface area contributed by atoms with Crippen LogP contribution in [0.3, 0.4) is 0 Å². The number of rotatable bonds is 2. The summed E-state index contributed by atoms with van der Waals surface area (Å²) in [6, 6.07) is 9.27. The first-order chi connectivity index (χ1) is 8.13. The molecule has 0 atom stereocenters. The van der Waals surface area contributed by atoms with Gasteiger partial charge in [-0.25, -0.2) is 4.98 Å². The Hall–Kier alpha value is -2.41. The van der Waals surface area contributed by atoms with Crippen LogP contribution in [0.4, 0.5) is 0 Å². The fraction of sp³-hybridized carbons (Fsp3) is 0.154. The molecule has 0 spiro atoms. The van der Waals surface area contributed by atoms with Gasteiger partial charge in [0.1, 0.15) is 11.5 Å². The maximum atomic E-state index is 11.3. The van der Waals surface area contributed by atoms with Gasteiger partial charge in [0.15, 0.2) is 5.78 Å². The molecule has 0 bridgehead atoms. The molecule has 0 saturated carbocycles. The maximum Gasteiger partial charge on any atom is 0.179 e. The lowest BCUT2D eigenvalue weighted by Crippen LogP contribution is -1.94. The van der Waals surface area contributed by atoms with Gasteiger partial charge >= 0.3 is 0 Å². The number of carbonyl (C=O) groups excluding carboxylic acids is 1. The van der Waals surface area contributed by atoms with Gasteiger partial charge in [-0.3, -0.25) is 4.79 Å². The fourth-order valence-corrected chi connectivity index (χ4v) is 1.72. The van der Waals surface area contributed by atoms with Gasteiger partial charge in [-0.05, 0) is 19.1 Å². The van der Waals surface area contributed by atoms with E-state index in [-0.39, 0.29) is 5.78 Å². The number of carbonyl (C=O) groups is 1. The molecule has 0 fully saturated rings. The summed E-state index contributed by atoms with van der Waals surface area (Å²) in [7, 11) is 0. The number of aryl methyl sites for hydroxylation is 1. The number of hydrogen-bond donors (Lipinski definition) is 1. The van der Waals surface area contributed by atoms with E-state index in [2.05, 4.69) is 16.0 Å². The minimum absolute atomic E-state index is 0.0839. The predicted molar refractivity (Wildman–Crippen MR) is 63.5 cm³/mol. The first-order valence-corrected chi connectivity index (χ1v) is 5.20. The second-order valence-corrected chi connectivity index (χ2v) is 3.77. The summed E-state index contributed by atoms with van der Waals surface area (Å²) in [6.45, 7) is 3.27. The van der Waals surface area contributed by atoms with Crippen LogP contribution in [-0.4, -0.2) is 15.8 Å². The third kappa shape index (κ3) is 1.95. The van der Waals surface area contributed by atoms with E-state index in [1.54, 1.807) is 25.1 Å². The van der Waals surface area contributed by atoms with Gasteiger partial charge in [-0.15, -0.1) is 0 Å². The number of hydrogen-bond acceptors (Lipinski definition) is 3. The molecule has 2 aromatic rings. The molecule has 0 aliphatic carbocycles. The first-order valence-electron chi connectivity index (χ1n) is 5.20. The summed E-state index contributed by atoms with van der Waals surface area (Å²) in [5.41, 5.74) is 2.40. The predicted octanol–water partition coefficient (Wildman–Crippen LogP) is 2.46. The third-order valence-electron chi connectivity index (χ3n) is 2.52. The number of H-pyrrole nitrogens is 1. The van der Waals surface area contributed by atoms with Gasteiger partial charge in [-0.2, -0.15) is 5.26 Å². The van der Waals surface area contributed by atoms with Gasteiger partial charge in [0.25, 0.3) is 0 Å². The van der Waals surface area contributed by atoms with E-state index in [0.717, 1.165) is 5.69 Å². The second-order valence-electron chi connectivity index (χ2n) is 3.77. The number of nitriles is 1. The lowest BCUT2D eigenvalue weighted by molar-refractivity contribution is 0.101. The van der Waals surface area contributed by atoms with Crippen LogP contribution in [0.2, 0.25) is 0 Å². The van der Waals surface area contributed by atoms with E-state index >= 15 is 0 Å². The summed E-state index contributed by atoms with van der Waals surface area (Å²) in [4.78, 5) is 18.6. The zero-order chi connectivity index (χ0) is 12.4. The number of benzene rings is 1. The molecule has 0 aliphatic rings. The van der Waals surface area contributed by atoms with E-state index in [4.69, 9.17) is 5.26 Å². The monoisotopic (exact) mass is 225 g/mol. The molecule has 1 N–H and O–H groups in total. The van der Waals surface area contributed by atoms with Gasteiger partial charge in [0.05, 0.1) is 11.6 Å². The van der Waals surface area contributed by atoms with Gasteiger partial charge < -0.3 is 4.98 Å². The standard InChI is InChI=1S/C13H11N3O/c1-8-12(9(2)17)16-13(15-8)11-6-4-3-5-10(11)7-14/h3-6H,1-2H3,(H,15,16). The molecule has 1 heterocycles. The highest BCUT2D eigenvalue weighted by molar-refractivity contribution is 5.94. The maximum absolute atomic E-state index is 11.3. The van der Waals surface area contributed by atoms with Crippen molar-refractivity contribution in [3.05, 3.63) is 41.2 Å². The van der Waals surface area contributed by atoms with Crippen molar-refractivity contribution in [3.8, 4) is 17.5 Å². The zero-order valence-corrected chi connectivity index (χ0v) is 9.61. The Bertz CT molecular complexity index is 620. The van der Waals surface area contributed by atoms with E-state index in [0.29, 0.717) is 22.6 Å². The van der Waals surface area contributed by atoms with Crippen molar-refractivity contribution in [2.75, 3.05) is 0 Å². The van der Waals surface area contributed by atoms with E-state index in [9.17, 15) is 4.79 Å². The summed E-state index contributed by atoms with van der Waals surface area (Å²) in [5.74, 6) is 0.476. The highest BCUT2D eigenvalue weighted by Gasteiger charge is 2.13. The molecule has 2 rings (SSSR count). The third-order valence-corrected chi connectivity index (χ3v) is 2.52. The molecule has 17 heavy (non-hydrogen) atoms. The Labute approximate surface area is 98.9 Å². The molecular formula is C13H11N3O. The Morgan fingerprint density at radius 3 is 2.71 bits per heavy atom. The van der Waals surface area contributed by atoms with Crippen LogP contribution in [0.25, 0.3) is 11.4 Å². The fourth-order valence-electron chi connectivity index (χ4n) is 1.72. The van der Waals surface area contributed by atoms with Crippen LogP contribution in [0.5, 0.6) is 0 Å². The molecule has 0 radical (unpaired) electrons. The Balaban J connectivity index is 2.58. The van der Waals surface area contributed by atoms with E-state index in [1.165, 1.54) is 6.92 Å². The van der Waals surface area contributed by atoms with Crippen molar-refractivity contribution in [2.45, 2.75) is 13.8 Å². The highest BCUT2D eigenvalue weighted by atomic mass is 16.1. The molecule has 84 valence electrons. The number of Topliss-reactive ketones (excluding diaryl/α,β-unsaturated/α-hetero) is 1. The van der Waals surface area contributed by atoms with Crippen molar-refractivity contribution >= 4 is 5.78 Å². The molecule has 4 heteroatoms. The van der Waals surface area contributed by atoms with Crippen LogP contribution in [-0.2, 0) is 0 Å². The average molecular weight is 225 g/mol. The quantitative estimate of drug-likeness (QED) is 0.798. The minimum atomic E-state index is -0.0839. The number of aromatic amines is 1. The largest absolute Gasteiger partial charge is 0.341 e. The van der Waals surface area contributed by atoms with Crippen LogP contribution in [0, 0.1) is 18.3 Å². The zero-order valence-electron chi connectivity index (χ0n) is 9.61. The average Bonchev–Trinajstić information content (AvgIpc) is 2.71. The molecular weight excluding hydrogens is 214 g/mol. The molecule has 0 saturated heterocycles. The van der Waals surface area contributed by atoms with Crippen molar-refractivity contribution < 1.29 is 4.79 Å². The van der Waals surface area contributed by atoms with Gasteiger partial charge in [0, 0.05) is 18.2 Å². The van der Waals surface area contributed by atoms with Gasteiger partial charge in [0.2, 0.25) is 0 Å². The van der Waals surface area contributed by atoms with Crippen LogP contribution in [0.1, 0.15) is 28.7 Å². The molecule has 0 amide bonds. The topological polar surface area (TPSA) is 69.5 Å². The molecule has 1 aromatic carbocycles. The van der Waals surface area contributed by atoms with Crippen LogP contribution in [0.15, 0.2) is 24.3 Å². The lowest BCUT2D eigenvalue weighted by atomic mass is 10.1. The van der Waals surface area contributed by atoms with Crippen molar-refractivity contribution in [1.29, 1.82) is 5.26 Å². The SMILES string of the molecule is CC(=O)c1nc(-c2ccccc2C#N)[nH]c1C. The number of nitrogens with one attached hydrogen (secondary N) is 1. The van der Waals surface area contributed by atoms with Crippen molar-refractivity contribution in [2.24, 2.45) is 0 Å². The smallest absolute Gasteiger partial charge is 0.179 e. The van der Waals surface area contributed by atoms with Crippen LogP contribution >= 0.6 is 0 Å². The van der Waals surface area contributed by atoms with Crippen LogP contribution < -0.4 is 0 Å². The Kier molecular flexibility index (Phi) is 2.75. The van der Waals surface area contributed by atoms with Crippen molar-refractivity contribution in [3.63, 3.8) is 0 Å². The first kappa shape index (κ1) is 11.1. The Morgan fingerprint density at radius 1 is 1.41 bits per heavy atom. The number of ketones is 1. The summed E-state index contributed by atoms with van der Waals surface area (Å²) in [5, 5.41) is 9.01. The van der Waals surface area contributed by atoms with E-state index < -0.39 is 0 Å². The van der Waals surface area contributed by atoms with E-state index in [1.807, 2.05) is 6.07 Å².